The molecule has 0 radical (unpaired) electrons. The van der Waals surface area contributed by atoms with E-state index in [1.54, 1.807) is 0 Å². The molecule has 22 heavy (non-hydrogen) atoms. The molecular formula is C17H23N3O2. The average molecular weight is 301 g/mol. The summed E-state index contributed by atoms with van der Waals surface area (Å²) in [5, 5.41) is 6.29. The Labute approximate surface area is 131 Å². The van der Waals surface area contributed by atoms with Gasteiger partial charge in [-0.2, -0.15) is 0 Å². The van der Waals surface area contributed by atoms with Crippen LogP contribution in [-0.4, -0.2) is 49.3 Å². The third-order valence-electron chi connectivity index (χ3n) is 4.12. The van der Waals surface area contributed by atoms with Crippen LogP contribution in [0.3, 0.4) is 0 Å². The van der Waals surface area contributed by atoms with E-state index in [1.807, 2.05) is 29.2 Å². The lowest BCUT2D eigenvalue weighted by atomic mass is 10.1. The lowest BCUT2D eigenvalue weighted by Crippen LogP contribution is -2.53. The average Bonchev–Trinajstić information content (AvgIpc) is 2.55. The van der Waals surface area contributed by atoms with Crippen molar-refractivity contribution >= 4 is 12.1 Å². The van der Waals surface area contributed by atoms with Crippen LogP contribution in [0.4, 0.5) is 4.79 Å². The number of benzene rings is 1. The van der Waals surface area contributed by atoms with Gasteiger partial charge < -0.3 is 20.3 Å². The van der Waals surface area contributed by atoms with E-state index in [2.05, 4.69) is 29.7 Å². The number of ether oxygens (including phenoxy) is 1. The summed E-state index contributed by atoms with van der Waals surface area (Å²) in [4.78, 5) is 13.7. The van der Waals surface area contributed by atoms with E-state index in [0.717, 1.165) is 43.9 Å². The SMILES string of the molecule is CC(CNCC1C=Cc2ccccc2O1)N1CCCNC1=O. The molecule has 3 rings (SSSR count). The fraction of sp³-hybridized carbons (Fsp3) is 0.471. The molecule has 1 aromatic carbocycles. The summed E-state index contributed by atoms with van der Waals surface area (Å²) in [6, 6.07) is 8.26. The number of nitrogens with zero attached hydrogens (tertiary/aromatic N) is 1. The van der Waals surface area contributed by atoms with Gasteiger partial charge in [-0.3, -0.25) is 0 Å². The van der Waals surface area contributed by atoms with Gasteiger partial charge in [0, 0.05) is 37.8 Å². The Bertz CT molecular complexity index is 559. The number of rotatable bonds is 5. The number of carbonyl (C=O) groups excluding carboxylic acids is 1. The van der Waals surface area contributed by atoms with Crippen molar-refractivity contribution in [2.45, 2.75) is 25.5 Å². The predicted octanol–water partition coefficient (Wildman–Crippen LogP) is 1.85. The van der Waals surface area contributed by atoms with Crippen LogP contribution in [0.2, 0.25) is 0 Å². The van der Waals surface area contributed by atoms with Gasteiger partial charge in [-0.1, -0.05) is 24.3 Å². The number of nitrogens with one attached hydrogen (secondary N) is 2. The summed E-state index contributed by atoms with van der Waals surface area (Å²) >= 11 is 0. The Morgan fingerprint density at radius 2 is 2.32 bits per heavy atom. The summed E-state index contributed by atoms with van der Waals surface area (Å²) in [5.41, 5.74) is 1.12. The van der Waals surface area contributed by atoms with E-state index in [4.69, 9.17) is 4.74 Å². The maximum Gasteiger partial charge on any atom is 0.317 e. The molecule has 5 nitrogen and oxygen atoms in total. The zero-order valence-corrected chi connectivity index (χ0v) is 12.9. The first-order valence-corrected chi connectivity index (χ1v) is 7.93. The molecule has 1 fully saturated rings. The first-order chi connectivity index (χ1) is 10.7. The molecular weight excluding hydrogens is 278 g/mol. The number of amides is 2. The van der Waals surface area contributed by atoms with E-state index in [9.17, 15) is 4.79 Å². The Morgan fingerprint density at radius 3 is 3.18 bits per heavy atom. The van der Waals surface area contributed by atoms with Crippen LogP contribution < -0.4 is 15.4 Å². The van der Waals surface area contributed by atoms with Gasteiger partial charge >= 0.3 is 6.03 Å². The van der Waals surface area contributed by atoms with Crippen molar-refractivity contribution in [2.24, 2.45) is 0 Å². The van der Waals surface area contributed by atoms with Crippen LogP contribution >= 0.6 is 0 Å². The van der Waals surface area contributed by atoms with Crippen molar-refractivity contribution in [3.8, 4) is 5.75 Å². The first-order valence-electron chi connectivity index (χ1n) is 7.93. The maximum atomic E-state index is 11.8. The van der Waals surface area contributed by atoms with Gasteiger partial charge in [-0.15, -0.1) is 0 Å². The Morgan fingerprint density at radius 1 is 1.45 bits per heavy atom. The number of urea groups is 1. The lowest BCUT2D eigenvalue weighted by Gasteiger charge is -2.33. The molecule has 2 N–H and O–H groups in total. The number of carbonyl (C=O) groups is 1. The second kappa shape index (κ2) is 6.83. The normalized spacial score (nSPS) is 21.8. The molecule has 0 aromatic heterocycles. The van der Waals surface area contributed by atoms with Crippen LogP contribution in [0.5, 0.6) is 5.75 Å². The largest absolute Gasteiger partial charge is 0.484 e. The molecule has 2 aliphatic heterocycles. The highest BCUT2D eigenvalue weighted by atomic mass is 16.5. The molecule has 2 aliphatic rings. The van der Waals surface area contributed by atoms with E-state index in [1.165, 1.54) is 0 Å². The van der Waals surface area contributed by atoms with Crippen molar-refractivity contribution in [1.29, 1.82) is 0 Å². The molecule has 2 amide bonds. The Kier molecular flexibility index (Phi) is 4.63. The number of fused-ring (bicyclic) bond motifs is 1. The van der Waals surface area contributed by atoms with Crippen LogP contribution in [0.25, 0.3) is 6.08 Å². The van der Waals surface area contributed by atoms with Crippen molar-refractivity contribution in [3.05, 3.63) is 35.9 Å². The maximum absolute atomic E-state index is 11.8. The predicted molar refractivity (Wildman–Crippen MR) is 86.9 cm³/mol. The van der Waals surface area contributed by atoms with Gasteiger partial charge in [0.25, 0.3) is 0 Å². The number of para-hydroxylation sites is 1. The van der Waals surface area contributed by atoms with Gasteiger partial charge in [0.2, 0.25) is 0 Å². The second-order valence-corrected chi connectivity index (χ2v) is 5.84. The minimum absolute atomic E-state index is 0.0392. The second-order valence-electron chi connectivity index (χ2n) is 5.84. The number of hydrogen-bond acceptors (Lipinski definition) is 3. The van der Waals surface area contributed by atoms with Gasteiger partial charge in [-0.25, -0.2) is 4.79 Å². The standard InChI is InChI=1S/C17H23N3O2/c1-13(20-10-4-9-19-17(20)21)11-18-12-15-8-7-14-5-2-3-6-16(14)22-15/h2-3,5-8,13,15,18H,4,9-12H2,1H3,(H,19,21). The van der Waals surface area contributed by atoms with Gasteiger partial charge in [0.1, 0.15) is 11.9 Å². The van der Waals surface area contributed by atoms with Gasteiger partial charge in [0.15, 0.2) is 0 Å². The third-order valence-corrected chi connectivity index (χ3v) is 4.12. The smallest absolute Gasteiger partial charge is 0.317 e. The van der Waals surface area contributed by atoms with Crippen LogP contribution in [0.1, 0.15) is 18.9 Å². The fourth-order valence-electron chi connectivity index (χ4n) is 2.86. The molecule has 2 atom stereocenters. The van der Waals surface area contributed by atoms with E-state index in [0.29, 0.717) is 0 Å². The van der Waals surface area contributed by atoms with Crippen LogP contribution in [-0.2, 0) is 0 Å². The minimum Gasteiger partial charge on any atom is -0.484 e. The minimum atomic E-state index is 0.0392. The summed E-state index contributed by atoms with van der Waals surface area (Å²) in [5.74, 6) is 0.931. The fourth-order valence-corrected chi connectivity index (χ4v) is 2.86. The zero-order valence-electron chi connectivity index (χ0n) is 12.9. The zero-order chi connectivity index (χ0) is 15.4. The topological polar surface area (TPSA) is 53.6 Å². The Hall–Kier alpha value is -2.01. The van der Waals surface area contributed by atoms with Crippen molar-refractivity contribution in [2.75, 3.05) is 26.2 Å². The number of hydrogen-bond donors (Lipinski definition) is 2. The van der Waals surface area contributed by atoms with Crippen molar-refractivity contribution in [3.63, 3.8) is 0 Å². The summed E-state index contributed by atoms with van der Waals surface area (Å²) in [6.45, 7) is 5.20. The summed E-state index contributed by atoms with van der Waals surface area (Å²) < 4.78 is 5.94. The lowest BCUT2D eigenvalue weighted by molar-refractivity contribution is 0.162. The first kappa shape index (κ1) is 14.9. The molecule has 118 valence electrons. The van der Waals surface area contributed by atoms with Gasteiger partial charge in [0.05, 0.1) is 0 Å². The van der Waals surface area contributed by atoms with E-state index >= 15 is 0 Å². The summed E-state index contributed by atoms with van der Waals surface area (Å²) in [6.07, 6.45) is 5.24. The monoisotopic (exact) mass is 301 g/mol. The van der Waals surface area contributed by atoms with Crippen molar-refractivity contribution < 1.29 is 9.53 Å². The van der Waals surface area contributed by atoms with E-state index in [-0.39, 0.29) is 18.2 Å². The molecule has 2 heterocycles. The molecule has 0 bridgehead atoms. The molecule has 1 aromatic rings. The molecule has 2 unspecified atom stereocenters. The van der Waals surface area contributed by atoms with Crippen molar-refractivity contribution in [1.82, 2.24) is 15.5 Å². The molecule has 0 spiro atoms. The third kappa shape index (κ3) is 3.42. The Balaban J connectivity index is 1.45. The van der Waals surface area contributed by atoms with E-state index < -0.39 is 0 Å². The quantitative estimate of drug-likeness (QED) is 0.873. The van der Waals surface area contributed by atoms with Crippen LogP contribution in [0.15, 0.2) is 30.3 Å². The van der Waals surface area contributed by atoms with Gasteiger partial charge in [-0.05, 0) is 25.5 Å². The molecule has 5 heteroatoms. The summed E-state index contributed by atoms with van der Waals surface area (Å²) in [7, 11) is 0. The molecule has 1 saturated heterocycles. The molecule has 0 aliphatic carbocycles. The van der Waals surface area contributed by atoms with Crippen LogP contribution in [0, 0.1) is 0 Å². The highest BCUT2D eigenvalue weighted by molar-refractivity contribution is 5.75. The molecule has 0 saturated carbocycles. The highest BCUT2D eigenvalue weighted by Gasteiger charge is 2.22. The highest BCUT2D eigenvalue weighted by Crippen LogP contribution is 2.24.